The number of imidazole rings is 1. The fourth-order valence-corrected chi connectivity index (χ4v) is 3.88. The van der Waals surface area contributed by atoms with E-state index in [1.165, 1.54) is 12.0 Å². The van der Waals surface area contributed by atoms with Gasteiger partial charge in [0.2, 0.25) is 5.91 Å². The predicted molar refractivity (Wildman–Crippen MR) is 114 cm³/mol. The van der Waals surface area contributed by atoms with Gasteiger partial charge in [0.1, 0.15) is 11.8 Å². The fourth-order valence-electron chi connectivity index (χ4n) is 3.88. The molecule has 1 unspecified atom stereocenters. The van der Waals surface area contributed by atoms with Crippen molar-refractivity contribution in [3.8, 4) is 11.4 Å². The summed E-state index contributed by atoms with van der Waals surface area (Å²) in [6, 6.07) is 5.49. The van der Waals surface area contributed by atoms with E-state index in [-0.39, 0.29) is 11.6 Å². The van der Waals surface area contributed by atoms with Gasteiger partial charge >= 0.3 is 0 Å². The van der Waals surface area contributed by atoms with Gasteiger partial charge < -0.3 is 19.5 Å². The minimum absolute atomic E-state index is 0.225. The van der Waals surface area contributed by atoms with Gasteiger partial charge in [-0.25, -0.2) is 18.2 Å². The van der Waals surface area contributed by atoms with Crippen molar-refractivity contribution in [2.45, 2.75) is 25.8 Å². The number of nitrogens with zero attached hydrogens (tertiary/aromatic N) is 3. The van der Waals surface area contributed by atoms with Crippen LogP contribution in [-0.2, 0) is 4.79 Å². The average molecular weight is 458 g/mol. The molecule has 4 rings (SSSR count). The molecule has 1 aliphatic rings. The Labute approximate surface area is 187 Å². The third kappa shape index (κ3) is 4.41. The molecule has 1 aliphatic heterocycles. The molecule has 0 saturated carbocycles. The molecule has 2 aromatic carbocycles. The summed E-state index contributed by atoms with van der Waals surface area (Å²) in [7, 11) is 1.49. The number of aromatic nitrogens is 2. The van der Waals surface area contributed by atoms with E-state index in [2.05, 4.69) is 10.3 Å². The lowest BCUT2D eigenvalue weighted by Crippen LogP contribution is -2.43. The first-order valence-corrected chi connectivity index (χ1v) is 10.2. The van der Waals surface area contributed by atoms with Crippen LogP contribution in [0.3, 0.4) is 0 Å². The SMILES string of the molecule is COc1cc(C(=O)N2CCCC2C(=O)Nc2cc(F)c(F)c(F)c2)ccc1-n1cnc(C)c1. The second-order valence-corrected chi connectivity index (χ2v) is 7.71. The van der Waals surface area contributed by atoms with E-state index in [9.17, 15) is 22.8 Å². The van der Waals surface area contributed by atoms with Crippen LogP contribution in [0.4, 0.5) is 18.9 Å². The van der Waals surface area contributed by atoms with Gasteiger partial charge in [-0.1, -0.05) is 0 Å². The van der Waals surface area contributed by atoms with Crippen molar-refractivity contribution in [2.24, 2.45) is 0 Å². The first kappa shape index (κ1) is 22.4. The zero-order valence-electron chi connectivity index (χ0n) is 17.9. The quantitative estimate of drug-likeness (QED) is 0.590. The minimum Gasteiger partial charge on any atom is -0.495 e. The Kier molecular flexibility index (Phi) is 6.08. The van der Waals surface area contributed by atoms with E-state index < -0.39 is 29.4 Å². The van der Waals surface area contributed by atoms with E-state index >= 15 is 0 Å². The maximum absolute atomic E-state index is 13.5. The summed E-state index contributed by atoms with van der Waals surface area (Å²) in [6.45, 7) is 2.20. The number of carbonyl (C=O) groups excluding carboxylic acids is 2. The molecule has 2 heterocycles. The number of benzene rings is 2. The van der Waals surface area contributed by atoms with Crippen LogP contribution in [0.25, 0.3) is 5.69 Å². The molecule has 172 valence electrons. The van der Waals surface area contributed by atoms with Gasteiger partial charge in [-0.05, 0) is 38.0 Å². The highest BCUT2D eigenvalue weighted by Gasteiger charge is 2.35. The van der Waals surface area contributed by atoms with E-state index in [4.69, 9.17) is 4.74 Å². The summed E-state index contributed by atoms with van der Waals surface area (Å²) >= 11 is 0. The number of aryl methyl sites for hydroxylation is 1. The molecule has 10 heteroatoms. The van der Waals surface area contributed by atoms with Crippen LogP contribution in [0.2, 0.25) is 0 Å². The fraction of sp³-hybridized carbons (Fsp3) is 0.261. The number of anilines is 1. The number of methoxy groups -OCH3 is 1. The molecule has 0 aliphatic carbocycles. The molecule has 1 fully saturated rings. The van der Waals surface area contributed by atoms with Crippen LogP contribution in [-0.4, -0.2) is 46.0 Å². The van der Waals surface area contributed by atoms with Crippen molar-refractivity contribution in [1.29, 1.82) is 0 Å². The van der Waals surface area contributed by atoms with Crippen LogP contribution in [0, 0.1) is 24.4 Å². The summed E-state index contributed by atoms with van der Waals surface area (Å²) in [5.74, 6) is -4.97. The summed E-state index contributed by atoms with van der Waals surface area (Å²) in [5.41, 5.74) is 1.62. The van der Waals surface area contributed by atoms with Crippen LogP contribution in [0.15, 0.2) is 42.9 Å². The second-order valence-electron chi connectivity index (χ2n) is 7.71. The Morgan fingerprint density at radius 1 is 1.15 bits per heavy atom. The smallest absolute Gasteiger partial charge is 0.254 e. The number of rotatable bonds is 5. The van der Waals surface area contributed by atoms with Crippen molar-refractivity contribution in [2.75, 3.05) is 19.0 Å². The summed E-state index contributed by atoms with van der Waals surface area (Å²) in [4.78, 5) is 31.5. The van der Waals surface area contributed by atoms with Gasteiger partial charge in [-0.15, -0.1) is 0 Å². The highest BCUT2D eigenvalue weighted by Crippen LogP contribution is 2.28. The topological polar surface area (TPSA) is 76.5 Å². The molecule has 1 N–H and O–H groups in total. The lowest BCUT2D eigenvalue weighted by molar-refractivity contribution is -0.119. The lowest BCUT2D eigenvalue weighted by Gasteiger charge is -2.24. The third-order valence-electron chi connectivity index (χ3n) is 5.48. The second kappa shape index (κ2) is 8.97. The molecule has 1 atom stereocenters. The number of likely N-dealkylation sites (tertiary alicyclic amines) is 1. The van der Waals surface area contributed by atoms with Crippen molar-refractivity contribution in [3.63, 3.8) is 0 Å². The zero-order chi connectivity index (χ0) is 23.7. The van der Waals surface area contributed by atoms with Crippen LogP contribution in [0.1, 0.15) is 28.9 Å². The first-order chi connectivity index (χ1) is 15.8. The Bertz CT molecular complexity index is 1200. The summed E-state index contributed by atoms with van der Waals surface area (Å²) in [6.07, 6.45) is 4.42. The molecule has 3 aromatic rings. The van der Waals surface area contributed by atoms with Crippen molar-refractivity contribution >= 4 is 17.5 Å². The number of hydrogen-bond acceptors (Lipinski definition) is 4. The molecule has 0 bridgehead atoms. The molecular weight excluding hydrogens is 437 g/mol. The number of halogens is 3. The Hall–Kier alpha value is -3.82. The van der Waals surface area contributed by atoms with Crippen molar-refractivity contribution in [1.82, 2.24) is 14.5 Å². The predicted octanol–water partition coefficient (Wildman–Crippen LogP) is 3.85. The lowest BCUT2D eigenvalue weighted by atomic mass is 10.1. The van der Waals surface area contributed by atoms with E-state index in [0.717, 1.165) is 5.69 Å². The van der Waals surface area contributed by atoms with E-state index in [0.29, 0.717) is 48.5 Å². The Balaban J connectivity index is 1.54. The first-order valence-electron chi connectivity index (χ1n) is 10.2. The molecule has 0 radical (unpaired) electrons. The molecule has 0 spiro atoms. The molecule has 7 nitrogen and oxygen atoms in total. The van der Waals surface area contributed by atoms with Gasteiger partial charge in [-0.3, -0.25) is 9.59 Å². The highest BCUT2D eigenvalue weighted by molar-refractivity contribution is 6.01. The van der Waals surface area contributed by atoms with Crippen LogP contribution < -0.4 is 10.1 Å². The molecular formula is C23H21F3N4O3. The molecule has 1 saturated heterocycles. The normalized spacial score (nSPS) is 15.5. The Morgan fingerprint density at radius 3 is 2.52 bits per heavy atom. The van der Waals surface area contributed by atoms with Gasteiger partial charge in [0.05, 0.1) is 24.8 Å². The van der Waals surface area contributed by atoms with Gasteiger partial charge in [0.15, 0.2) is 17.5 Å². The van der Waals surface area contributed by atoms with Crippen LogP contribution in [0.5, 0.6) is 5.75 Å². The van der Waals surface area contributed by atoms with Gasteiger partial charge in [0.25, 0.3) is 5.91 Å². The number of nitrogens with one attached hydrogen (secondary N) is 1. The summed E-state index contributed by atoms with van der Waals surface area (Å²) in [5, 5.41) is 2.37. The number of amides is 2. The van der Waals surface area contributed by atoms with Crippen LogP contribution >= 0.6 is 0 Å². The maximum Gasteiger partial charge on any atom is 0.254 e. The summed E-state index contributed by atoms with van der Waals surface area (Å²) < 4.78 is 47.3. The number of ether oxygens (including phenoxy) is 1. The average Bonchev–Trinajstić information content (AvgIpc) is 3.45. The molecule has 1 aromatic heterocycles. The maximum atomic E-state index is 13.5. The Morgan fingerprint density at radius 2 is 1.88 bits per heavy atom. The number of carbonyl (C=O) groups is 2. The molecule has 33 heavy (non-hydrogen) atoms. The standard InChI is InChI=1S/C23H21F3N4O3/c1-13-11-29(12-27-13)18-6-5-14(8-20(18)33-2)23(32)30-7-3-4-19(30)22(31)28-15-9-16(24)21(26)17(25)10-15/h5-6,8-12,19H,3-4,7H2,1-2H3,(H,28,31). The van der Waals surface area contributed by atoms with E-state index in [1.54, 1.807) is 29.1 Å². The van der Waals surface area contributed by atoms with Crippen molar-refractivity contribution in [3.05, 3.63) is 71.6 Å². The third-order valence-corrected chi connectivity index (χ3v) is 5.48. The highest BCUT2D eigenvalue weighted by atomic mass is 19.2. The largest absolute Gasteiger partial charge is 0.495 e. The zero-order valence-corrected chi connectivity index (χ0v) is 17.9. The molecule has 2 amide bonds. The van der Waals surface area contributed by atoms with E-state index in [1.807, 2.05) is 13.1 Å². The number of hydrogen-bond donors (Lipinski definition) is 1. The monoisotopic (exact) mass is 458 g/mol. The van der Waals surface area contributed by atoms with Crippen molar-refractivity contribution < 1.29 is 27.5 Å². The van der Waals surface area contributed by atoms with Gasteiger partial charge in [0, 0.05) is 36.1 Å². The van der Waals surface area contributed by atoms with Gasteiger partial charge in [-0.2, -0.15) is 0 Å². The minimum atomic E-state index is -1.62.